The maximum absolute atomic E-state index is 3.27. The SMILES string of the molecule is CC1=C(C)C([Si](c2c(C)cc([Si](C)(C)C)c([Si](C)(C)C)c2[Si](C)(C)C)(c2c(C)cc([Si](C)(C)C)c([Si](C)(C)C)c2[Si](C)(C)C)c2c(C)cc([Si](C)(C)C)c([Si](C)(C)C)c2[Si](C)(C)C)C(C)=C1C. The summed E-state index contributed by atoms with van der Waals surface area (Å²) in [6, 6.07) is 8.68. The van der Waals surface area contributed by atoms with Gasteiger partial charge in [-0.05, 0) is 75.2 Å². The molecular weight excluding hydrogens is 965 g/mol. The molecule has 0 atom stereocenters. The second-order valence-corrected chi connectivity index (χ2v) is 80.0. The van der Waals surface area contributed by atoms with Gasteiger partial charge in [0, 0.05) is 5.54 Å². The summed E-state index contributed by atoms with van der Waals surface area (Å²) in [5, 5.41) is 22.4. The number of allylic oxidation sites excluding steroid dienone is 4. The van der Waals surface area contributed by atoms with Crippen LogP contribution in [0.15, 0.2) is 40.5 Å². The molecule has 0 nitrogen and oxygen atoms in total. The molecule has 3 aromatic carbocycles. The molecule has 4 rings (SSSR count). The Kier molecular flexibility index (Phi) is 15.9. The van der Waals surface area contributed by atoms with Gasteiger partial charge in [0.1, 0.15) is 0 Å². The van der Waals surface area contributed by atoms with Gasteiger partial charge in [0.15, 0.2) is 8.07 Å². The third-order valence-electron chi connectivity index (χ3n) is 15.7. The van der Waals surface area contributed by atoms with Gasteiger partial charge in [-0.25, -0.2) is 0 Å². The molecule has 1 aliphatic rings. The highest BCUT2D eigenvalue weighted by Crippen LogP contribution is 2.47. The third kappa shape index (κ3) is 10.6. The molecule has 67 heavy (non-hydrogen) atoms. The quantitative estimate of drug-likeness (QED) is 0.118. The molecule has 0 fully saturated rings. The second kappa shape index (κ2) is 18.1. The topological polar surface area (TPSA) is 0 Å². The lowest BCUT2D eigenvalue weighted by Crippen LogP contribution is -2.88. The Hall–Kier alpha value is -0.691. The minimum atomic E-state index is -3.27. The molecule has 10 heteroatoms. The Morgan fingerprint density at radius 2 is 0.418 bits per heavy atom. The van der Waals surface area contributed by atoms with Crippen molar-refractivity contribution in [3.63, 3.8) is 0 Å². The standard InChI is InChI=1S/C57H106Si10/c1-38-35-45(58(8,9)10)52(61(17,18)19)55(64(26,27)28)48(38)67(51-43(6)41(4)42(5)44(51)7,49-39(2)36-46(59(11,12)13)53(62(20,21)22)56(49)65(29,30)31)50-40(3)37-47(60(14,15)16)54(63(23,24)25)57(50)66(32,33)34/h35-37,51H,1-34H3. The van der Waals surface area contributed by atoms with Crippen LogP contribution in [0.2, 0.25) is 182 Å². The Morgan fingerprint density at radius 3 is 0.567 bits per heavy atom. The van der Waals surface area contributed by atoms with Crippen molar-refractivity contribution in [1.29, 1.82) is 0 Å². The maximum atomic E-state index is 2.89. The van der Waals surface area contributed by atoms with Crippen molar-refractivity contribution in [1.82, 2.24) is 0 Å². The Labute approximate surface area is 427 Å². The predicted octanol–water partition coefficient (Wildman–Crippen LogP) is 11.0. The summed E-state index contributed by atoms with van der Waals surface area (Å²) in [6.45, 7) is 91.9. The predicted molar refractivity (Wildman–Crippen MR) is 346 cm³/mol. The Bertz CT molecular complexity index is 2260. The van der Waals surface area contributed by atoms with Gasteiger partial charge in [-0.1, -0.05) is 269 Å². The monoisotopic (exact) mass is 1070 g/mol. The number of hydrogen-bond acceptors (Lipinski definition) is 0. The van der Waals surface area contributed by atoms with E-state index in [1.807, 2.05) is 46.7 Å². The highest BCUT2D eigenvalue weighted by molar-refractivity contribution is 7.23. The van der Waals surface area contributed by atoms with Gasteiger partial charge in [0.05, 0.1) is 72.7 Å². The highest BCUT2D eigenvalue weighted by atomic mass is 28.4. The van der Waals surface area contributed by atoms with Gasteiger partial charge >= 0.3 is 0 Å². The van der Waals surface area contributed by atoms with Crippen LogP contribution in [0.5, 0.6) is 0 Å². The molecule has 3 aromatic rings. The van der Waals surface area contributed by atoms with Crippen LogP contribution in [0.1, 0.15) is 44.4 Å². The van der Waals surface area contributed by atoms with Gasteiger partial charge in [-0.2, -0.15) is 0 Å². The summed E-state index contributed by atoms with van der Waals surface area (Å²) in [4.78, 5) is 0. The lowest BCUT2D eigenvalue weighted by Gasteiger charge is -2.53. The van der Waals surface area contributed by atoms with Crippen LogP contribution >= 0.6 is 0 Å². The average molecular weight is 1070 g/mol. The summed E-state index contributed by atoms with van der Waals surface area (Å²) >= 11 is 0. The van der Waals surface area contributed by atoms with Gasteiger partial charge < -0.3 is 0 Å². The number of aryl methyl sites for hydroxylation is 3. The molecule has 0 heterocycles. The molecule has 0 unspecified atom stereocenters. The molecule has 0 saturated carbocycles. The fourth-order valence-corrected chi connectivity index (χ4v) is 54.9. The number of hydrogen-bond donors (Lipinski definition) is 0. The summed E-state index contributed by atoms with van der Waals surface area (Å²) in [5.41, 5.74) is 11.8. The highest BCUT2D eigenvalue weighted by Gasteiger charge is 2.59. The van der Waals surface area contributed by atoms with Crippen LogP contribution in [0.25, 0.3) is 0 Å². The van der Waals surface area contributed by atoms with Crippen LogP contribution in [0.4, 0.5) is 0 Å². The van der Waals surface area contributed by atoms with Crippen LogP contribution in [-0.2, 0) is 0 Å². The van der Waals surface area contributed by atoms with Crippen LogP contribution in [0, 0.1) is 20.8 Å². The summed E-state index contributed by atoms with van der Waals surface area (Å²) in [5.74, 6) is 0. The Morgan fingerprint density at radius 1 is 0.239 bits per heavy atom. The van der Waals surface area contributed by atoms with E-state index in [2.05, 4.69) is 243 Å². The van der Waals surface area contributed by atoms with E-state index in [9.17, 15) is 0 Å². The smallest absolute Gasteiger partial charge is 0.0656 e. The van der Waals surface area contributed by atoms with Crippen molar-refractivity contribution >= 4 is 143 Å². The minimum Gasteiger partial charge on any atom is -0.0656 e. The zero-order chi connectivity index (χ0) is 52.7. The molecular formula is C57H106Si10. The van der Waals surface area contributed by atoms with E-state index < -0.39 is 80.7 Å². The van der Waals surface area contributed by atoms with Crippen molar-refractivity contribution in [2.45, 2.75) is 231 Å². The van der Waals surface area contributed by atoms with Crippen molar-refractivity contribution in [2.75, 3.05) is 0 Å². The molecule has 0 spiro atoms. The van der Waals surface area contributed by atoms with Gasteiger partial charge in [-0.15, -0.1) is 0 Å². The average Bonchev–Trinajstić information content (AvgIpc) is 3.26. The first-order valence-electron chi connectivity index (χ1n) is 26.3. The molecule has 0 radical (unpaired) electrons. The molecule has 0 N–H and O–H groups in total. The molecule has 0 aliphatic heterocycles. The Balaban J connectivity index is 3.00. The molecule has 374 valence electrons. The van der Waals surface area contributed by atoms with Crippen molar-refractivity contribution in [2.24, 2.45) is 0 Å². The van der Waals surface area contributed by atoms with E-state index in [-0.39, 0.29) is 0 Å². The van der Waals surface area contributed by atoms with E-state index in [1.165, 1.54) is 0 Å². The second-order valence-electron chi connectivity index (χ2n) is 31.2. The third-order valence-corrected chi connectivity index (χ3v) is 42.1. The van der Waals surface area contributed by atoms with E-state index in [4.69, 9.17) is 0 Å². The van der Waals surface area contributed by atoms with Crippen LogP contribution in [-0.4, -0.2) is 80.7 Å². The molecule has 0 saturated heterocycles. The van der Waals surface area contributed by atoms with Crippen molar-refractivity contribution < 1.29 is 0 Å². The summed E-state index contributed by atoms with van der Waals surface area (Å²) in [6.07, 6.45) is 0. The first kappa shape index (κ1) is 58.9. The van der Waals surface area contributed by atoms with E-state index in [0.29, 0.717) is 5.54 Å². The molecule has 0 aromatic heterocycles. The van der Waals surface area contributed by atoms with Crippen LogP contribution < -0.4 is 62.2 Å². The normalized spacial score (nSPS) is 16.0. The molecule has 0 bridgehead atoms. The molecule has 1 aliphatic carbocycles. The lowest BCUT2D eigenvalue weighted by atomic mass is 10.1. The first-order chi connectivity index (χ1) is 29.4. The number of benzene rings is 3. The van der Waals surface area contributed by atoms with E-state index in [1.54, 1.807) is 54.5 Å². The largest absolute Gasteiger partial charge is 0.159 e. The fraction of sp³-hybridized carbons (Fsp3) is 0.614. The van der Waals surface area contributed by atoms with Crippen molar-refractivity contribution in [3.05, 3.63) is 57.2 Å². The molecule has 0 amide bonds. The lowest BCUT2D eigenvalue weighted by molar-refractivity contribution is 1.09. The zero-order valence-electron chi connectivity index (χ0n) is 50.8. The minimum absolute atomic E-state index is 0.343. The summed E-state index contributed by atoms with van der Waals surface area (Å²) in [7, 11) is -20.8. The summed E-state index contributed by atoms with van der Waals surface area (Å²) < 4.78 is 0. The van der Waals surface area contributed by atoms with Gasteiger partial charge in [0.25, 0.3) is 0 Å². The van der Waals surface area contributed by atoms with E-state index >= 15 is 0 Å². The van der Waals surface area contributed by atoms with Crippen LogP contribution in [0.3, 0.4) is 0 Å². The number of rotatable bonds is 13. The van der Waals surface area contributed by atoms with E-state index in [0.717, 1.165) is 0 Å². The van der Waals surface area contributed by atoms with Gasteiger partial charge in [-0.3, -0.25) is 0 Å². The van der Waals surface area contributed by atoms with Gasteiger partial charge in [0.2, 0.25) is 0 Å². The fourth-order valence-electron chi connectivity index (χ4n) is 13.1. The maximum Gasteiger partial charge on any atom is 0.159 e. The first-order valence-corrected chi connectivity index (χ1v) is 59.9. The van der Waals surface area contributed by atoms with Crippen molar-refractivity contribution in [3.8, 4) is 0 Å². The zero-order valence-corrected chi connectivity index (χ0v) is 60.8.